The molecule has 0 heterocycles. The topological polar surface area (TPSA) is 66.5 Å². The molecule has 1 aromatic rings. The number of carbonyl (C=O) groups is 1. The van der Waals surface area contributed by atoms with E-state index in [9.17, 15) is 13.2 Å². The minimum Gasteiger partial charge on any atom is -0.339 e. The Morgan fingerprint density at radius 2 is 1.72 bits per heavy atom. The second-order valence-electron chi connectivity index (χ2n) is 6.87. The number of nitrogens with one attached hydrogen (secondary N) is 1. The molecule has 0 saturated heterocycles. The number of halogens is 2. The fourth-order valence-electron chi connectivity index (χ4n) is 3.21. The highest BCUT2D eigenvalue weighted by Gasteiger charge is 2.31. The van der Waals surface area contributed by atoms with E-state index in [2.05, 4.69) is 4.72 Å². The molecule has 8 heteroatoms. The van der Waals surface area contributed by atoms with E-state index in [1.54, 1.807) is 11.9 Å². The van der Waals surface area contributed by atoms with E-state index in [1.165, 1.54) is 18.6 Å². The monoisotopic (exact) mass is 404 g/mol. The van der Waals surface area contributed by atoms with Crippen molar-refractivity contribution >= 4 is 39.1 Å². The summed E-state index contributed by atoms with van der Waals surface area (Å²) in [6, 6.07) is 2.77. The Labute approximate surface area is 158 Å². The van der Waals surface area contributed by atoms with Gasteiger partial charge in [-0.25, -0.2) is 13.1 Å². The summed E-state index contributed by atoms with van der Waals surface area (Å²) in [6.45, 7) is 0. The number of hydrogen-bond donors (Lipinski definition) is 1. The first-order valence-corrected chi connectivity index (χ1v) is 10.8. The molecule has 0 bridgehead atoms. The fraction of sp³-hybridized carbons (Fsp3) is 0.588. The van der Waals surface area contributed by atoms with Crippen LogP contribution in [0.4, 0.5) is 0 Å². The molecule has 1 amide bonds. The smallest absolute Gasteiger partial charge is 0.255 e. The van der Waals surface area contributed by atoms with Crippen LogP contribution < -0.4 is 4.72 Å². The van der Waals surface area contributed by atoms with Gasteiger partial charge in [-0.15, -0.1) is 0 Å². The molecule has 25 heavy (non-hydrogen) atoms. The molecule has 2 fully saturated rings. The van der Waals surface area contributed by atoms with Gasteiger partial charge in [0.25, 0.3) is 5.91 Å². The van der Waals surface area contributed by atoms with Gasteiger partial charge in [-0.05, 0) is 37.8 Å². The zero-order chi connectivity index (χ0) is 18.2. The van der Waals surface area contributed by atoms with Crippen molar-refractivity contribution in [1.82, 2.24) is 9.62 Å². The average molecular weight is 405 g/mol. The number of nitrogens with zero attached hydrogens (tertiary/aromatic N) is 1. The Hall–Kier alpha value is -0.820. The number of benzene rings is 1. The van der Waals surface area contributed by atoms with E-state index in [0.717, 1.165) is 38.5 Å². The van der Waals surface area contributed by atoms with Crippen LogP contribution in [0.2, 0.25) is 10.0 Å². The van der Waals surface area contributed by atoms with Crippen LogP contribution >= 0.6 is 23.2 Å². The molecular formula is C17H22Cl2N2O3S. The molecule has 1 aromatic carbocycles. The first kappa shape index (κ1) is 19.0. The van der Waals surface area contributed by atoms with Gasteiger partial charge in [0.15, 0.2) is 0 Å². The molecule has 1 N–H and O–H groups in total. The van der Waals surface area contributed by atoms with Gasteiger partial charge in [-0.3, -0.25) is 4.79 Å². The van der Waals surface area contributed by atoms with Gasteiger partial charge in [0.2, 0.25) is 10.0 Å². The van der Waals surface area contributed by atoms with Crippen LogP contribution in [0.5, 0.6) is 0 Å². The van der Waals surface area contributed by atoms with Gasteiger partial charge in [0, 0.05) is 19.1 Å². The normalized spacial score (nSPS) is 19.0. The van der Waals surface area contributed by atoms with Crippen LogP contribution in [0, 0.1) is 0 Å². The maximum absolute atomic E-state index is 12.9. The number of hydrogen-bond acceptors (Lipinski definition) is 3. The Morgan fingerprint density at radius 3 is 2.32 bits per heavy atom. The van der Waals surface area contributed by atoms with Crippen LogP contribution in [0.3, 0.4) is 0 Å². The highest BCUT2D eigenvalue weighted by molar-refractivity contribution is 7.89. The van der Waals surface area contributed by atoms with Gasteiger partial charge < -0.3 is 4.90 Å². The molecule has 138 valence electrons. The van der Waals surface area contributed by atoms with Crippen molar-refractivity contribution in [2.45, 2.75) is 61.9 Å². The molecule has 0 spiro atoms. The zero-order valence-electron chi connectivity index (χ0n) is 14.1. The summed E-state index contributed by atoms with van der Waals surface area (Å²) in [4.78, 5) is 14.5. The first-order chi connectivity index (χ1) is 11.8. The minimum absolute atomic E-state index is 0.0232. The van der Waals surface area contributed by atoms with Gasteiger partial charge in [0.05, 0.1) is 15.6 Å². The Balaban J connectivity index is 1.90. The Kier molecular flexibility index (Phi) is 5.63. The summed E-state index contributed by atoms with van der Waals surface area (Å²) in [5, 5.41) is 0.193. The maximum Gasteiger partial charge on any atom is 0.255 e. The molecule has 2 aliphatic carbocycles. The summed E-state index contributed by atoms with van der Waals surface area (Å²) >= 11 is 12.3. The van der Waals surface area contributed by atoms with Gasteiger partial charge >= 0.3 is 0 Å². The summed E-state index contributed by atoms with van der Waals surface area (Å²) in [5.74, 6) is -0.267. The lowest BCUT2D eigenvalue weighted by Crippen LogP contribution is -2.38. The van der Waals surface area contributed by atoms with Crippen molar-refractivity contribution in [1.29, 1.82) is 0 Å². The number of sulfonamides is 1. The van der Waals surface area contributed by atoms with Crippen molar-refractivity contribution in [2.75, 3.05) is 7.05 Å². The molecule has 0 unspecified atom stereocenters. The summed E-state index contributed by atoms with van der Waals surface area (Å²) < 4.78 is 27.6. The standard InChI is InChI=1S/C17H22Cl2N2O3S/c1-21(12-5-3-2-4-6-12)17(22)13-9-16(15(19)10-14(13)18)25(23,24)20-11-7-8-11/h9-12,20H,2-8H2,1H3. The van der Waals surface area contributed by atoms with Crippen molar-refractivity contribution in [3.63, 3.8) is 0 Å². The number of rotatable bonds is 5. The van der Waals surface area contributed by atoms with E-state index >= 15 is 0 Å². The number of amides is 1. The van der Waals surface area contributed by atoms with Crippen molar-refractivity contribution in [3.05, 3.63) is 27.7 Å². The molecule has 2 saturated carbocycles. The number of carbonyl (C=O) groups excluding carboxylic acids is 1. The van der Waals surface area contributed by atoms with Crippen LogP contribution in [0.1, 0.15) is 55.3 Å². The molecule has 5 nitrogen and oxygen atoms in total. The summed E-state index contributed by atoms with van der Waals surface area (Å²) in [7, 11) is -2.01. The van der Waals surface area contributed by atoms with Crippen molar-refractivity contribution in [3.8, 4) is 0 Å². The quantitative estimate of drug-likeness (QED) is 0.810. The van der Waals surface area contributed by atoms with Crippen molar-refractivity contribution < 1.29 is 13.2 Å². The van der Waals surface area contributed by atoms with E-state index in [4.69, 9.17) is 23.2 Å². The molecular weight excluding hydrogens is 383 g/mol. The Bertz CT molecular complexity index is 772. The molecule has 2 aliphatic rings. The van der Waals surface area contributed by atoms with Gasteiger partial charge in [-0.1, -0.05) is 42.5 Å². The minimum atomic E-state index is -3.76. The van der Waals surface area contributed by atoms with E-state index in [0.29, 0.717) is 0 Å². The van der Waals surface area contributed by atoms with Crippen molar-refractivity contribution in [2.24, 2.45) is 0 Å². The van der Waals surface area contributed by atoms with E-state index in [-0.39, 0.29) is 38.5 Å². The Morgan fingerprint density at radius 1 is 1.08 bits per heavy atom. The van der Waals surface area contributed by atoms with Gasteiger partial charge in [-0.2, -0.15) is 0 Å². The first-order valence-electron chi connectivity index (χ1n) is 8.58. The lowest BCUT2D eigenvalue weighted by Gasteiger charge is -2.31. The van der Waals surface area contributed by atoms with Crippen LogP contribution in [0.25, 0.3) is 0 Å². The largest absolute Gasteiger partial charge is 0.339 e. The lowest BCUT2D eigenvalue weighted by molar-refractivity contribution is 0.0696. The highest BCUT2D eigenvalue weighted by Crippen LogP contribution is 2.32. The molecule has 0 atom stereocenters. The van der Waals surface area contributed by atoms with Gasteiger partial charge in [0.1, 0.15) is 4.90 Å². The zero-order valence-corrected chi connectivity index (χ0v) is 16.4. The summed E-state index contributed by atoms with van der Waals surface area (Å²) in [5.41, 5.74) is 0.176. The highest BCUT2D eigenvalue weighted by atomic mass is 35.5. The second kappa shape index (κ2) is 7.43. The average Bonchev–Trinajstić information content (AvgIpc) is 3.37. The van der Waals surface area contributed by atoms with E-state index < -0.39 is 10.0 Å². The van der Waals surface area contributed by atoms with Crippen LogP contribution in [-0.4, -0.2) is 38.4 Å². The third-order valence-electron chi connectivity index (χ3n) is 4.88. The second-order valence-corrected chi connectivity index (χ2v) is 9.36. The molecule has 0 radical (unpaired) electrons. The van der Waals surface area contributed by atoms with Crippen LogP contribution in [0.15, 0.2) is 17.0 Å². The predicted octanol–water partition coefficient (Wildman–Crippen LogP) is 3.84. The summed E-state index contributed by atoms with van der Waals surface area (Å²) in [6.07, 6.45) is 6.95. The third-order valence-corrected chi connectivity index (χ3v) is 7.18. The third kappa shape index (κ3) is 4.30. The lowest BCUT2D eigenvalue weighted by atomic mass is 9.94. The van der Waals surface area contributed by atoms with Crippen LogP contribution in [-0.2, 0) is 10.0 Å². The predicted molar refractivity (Wildman–Crippen MR) is 98.8 cm³/mol. The SMILES string of the molecule is CN(C(=O)c1cc(S(=O)(=O)NC2CC2)c(Cl)cc1Cl)C1CCCCC1. The molecule has 0 aliphatic heterocycles. The fourth-order valence-corrected chi connectivity index (χ4v) is 5.37. The molecule has 3 rings (SSSR count). The maximum atomic E-state index is 12.9. The molecule has 0 aromatic heterocycles. The van der Waals surface area contributed by atoms with E-state index in [1.807, 2.05) is 0 Å².